The fraction of sp³-hybridized carbons (Fsp3) is 0.500. The molecule has 1 atom stereocenters. The number of amides is 1. The zero-order chi connectivity index (χ0) is 20.8. The molecule has 4 heterocycles. The van der Waals surface area contributed by atoms with Gasteiger partial charge in [-0.15, -0.1) is 10.2 Å². The van der Waals surface area contributed by atoms with Crippen LogP contribution in [0.2, 0.25) is 0 Å². The van der Waals surface area contributed by atoms with Crippen molar-refractivity contribution in [2.75, 3.05) is 19.0 Å². The Labute approximate surface area is 174 Å². The number of nitrogens with zero attached hydrogens (tertiary/aromatic N) is 9. The first-order valence-electron chi connectivity index (χ1n) is 10.4. The van der Waals surface area contributed by atoms with E-state index in [1.54, 1.807) is 37.5 Å². The van der Waals surface area contributed by atoms with E-state index in [1.807, 2.05) is 10.8 Å². The molecule has 0 saturated heterocycles. The molecule has 0 spiro atoms. The molecule has 1 aliphatic heterocycles. The Balaban J connectivity index is 1.61. The molecule has 1 saturated carbocycles. The van der Waals surface area contributed by atoms with E-state index in [0.29, 0.717) is 17.7 Å². The Morgan fingerprint density at radius 3 is 2.73 bits per heavy atom. The summed E-state index contributed by atoms with van der Waals surface area (Å²) in [5, 5.41) is 8.56. The van der Waals surface area contributed by atoms with Crippen LogP contribution in [0.4, 0.5) is 5.82 Å². The molecule has 0 bridgehead atoms. The lowest BCUT2D eigenvalue weighted by Crippen LogP contribution is -2.42. The lowest BCUT2D eigenvalue weighted by Gasteiger charge is -2.40. The van der Waals surface area contributed by atoms with E-state index >= 15 is 0 Å². The summed E-state index contributed by atoms with van der Waals surface area (Å²) in [5.74, 6) is 2.17. The minimum absolute atomic E-state index is 0.125. The molecule has 1 aliphatic carbocycles. The van der Waals surface area contributed by atoms with Crippen LogP contribution in [0.1, 0.15) is 61.4 Å². The number of carbonyl (C=O) groups excluding carboxylic acids is 1. The van der Waals surface area contributed by atoms with Crippen LogP contribution in [0.5, 0.6) is 0 Å². The Bertz CT molecular complexity index is 1080. The first kappa shape index (κ1) is 18.7. The van der Waals surface area contributed by atoms with Gasteiger partial charge in [0.1, 0.15) is 24.0 Å². The van der Waals surface area contributed by atoms with Crippen molar-refractivity contribution in [2.45, 2.75) is 51.1 Å². The number of imidazole rings is 1. The lowest BCUT2D eigenvalue weighted by molar-refractivity contribution is 0.0822. The smallest absolute Gasteiger partial charge is 0.273 e. The summed E-state index contributed by atoms with van der Waals surface area (Å²) in [7, 11) is 3.41. The highest BCUT2D eigenvalue weighted by atomic mass is 16.2. The minimum atomic E-state index is -0.153. The maximum atomic E-state index is 12.2. The van der Waals surface area contributed by atoms with E-state index in [0.717, 1.165) is 36.6 Å². The molecule has 1 fully saturated rings. The molecule has 10 heteroatoms. The van der Waals surface area contributed by atoms with Gasteiger partial charge < -0.3 is 9.80 Å². The van der Waals surface area contributed by atoms with Crippen molar-refractivity contribution < 1.29 is 4.79 Å². The third-order valence-electron chi connectivity index (χ3n) is 5.99. The van der Waals surface area contributed by atoms with E-state index < -0.39 is 0 Å². The maximum absolute atomic E-state index is 12.2. The van der Waals surface area contributed by atoms with Crippen molar-refractivity contribution in [2.24, 2.45) is 0 Å². The number of hydrogen-bond acceptors (Lipinski definition) is 7. The molecule has 1 amide bonds. The first-order valence-corrected chi connectivity index (χ1v) is 10.4. The number of anilines is 1. The van der Waals surface area contributed by atoms with Gasteiger partial charge in [0.2, 0.25) is 5.95 Å². The Hall–Kier alpha value is -3.30. The van der Waals surface area contributed by atoms with Gasteiger partial charge in [0.25, 0.3) is 5.91 Å². The Morgan fingerprint density at radius 2 is 2.00 bits per heavy atom. The minimum Gasteiger partial charge on any atom is -0.343 e. The van der Waals surface area contributed by atoms with Gasteiger partial charge in [-0.05, 0) is 19.3 Å². The molecule has 3 aromatic heterocycles. The van der Waals surface area contributed by atoms with Crippen LogP contribution in [0.3, 0.4) is 0 Å². The fourth-order valence-corrected chi connectivity index (χ4v) is 4.53. The van der Waals surface area contributed by atoms with Gasteiger partial charge in [0.05, 0.1) is 12.2 Å². The van der Waals surface area contributed by atoms with Crippen molar-refractivity contribution in [3.8, 4) is 11.6 Å². The quantitative estimate of drug-likeness (QED) is 0.654. The summed E-state index contributed by atoms with van der Waals surface area (Å²) in [5.41, 5.74) is 1.25. The maximum Gasteiger partial charge on any atom is 0.273 e. The highest BCUT2D eigenvalue weighted by Crippen LogP contribution is 2.42. The van der Waals surface area contributed by atoms with Gasteiger partial charge in [-0.25, -0.2) is 9.97 Å². The van der Waals surface area contributed by atoms with Crippen LogP contribution >= 0.6 is 0 Å². The second-order valence-electron chi connectivity index (χ2n) is 8.07. The van der Waals surface area contributed by atoms with E-state index in [2.05, 4.69) is 32.0 Å². The van der Waals surface area contributed by atoms with Gasteiger partial charge in [-0.1, -0.05) is 19.8 Å². The topological polar surface area (TPSA) is 97.9 Å². The van der Waals surface area contributed by atoms with Crippen molar-refractivity contribution in [3.63, 3.8) is 0 Å². The molecule has 0 aromatic carbocycles. The van der Waals surface area contributed by atoms with Gasteiger partial charge in [-0.3, -0.25) is 13.9 Å². The Morgan fingerprint density at radius 1 is 1.20 bits per heavy atom. The molecule has 156 valence electrons. The number of aromatic nitrogens is 7. The summed E-state index contributed by atoms with van der Waals surface area (Å²) >= 11 is 0. The third-order valence-corrected chi connectivity index (χ3v) is 5.99. The standard InChI is InChI=1S/C20H25N9O/c1-4-15-18-25-23-12-28(18)16-9-21-20(24-17(16)29(15)13-7-5-6-8-13)27-10-14(22-11-27)19(30)26(2)3/h9-13,15H,4-8H2,1-3H3. The number of carbonyl (C=O) groups is 1. The monoisotopic (exact) mass is 407 g/mol. The molecule has 0 radical (unpaired) electrons. The van der Waals surface area contributed by atoms with Crippen LogP contribution in [0, 0.1) is 0 Å². The molecule has 0 N–H and O–H groups in total. The normalized spacial score (nSPS) is 18.4. The molecular formula is C20H25N9O. The highest BCUT2D eigenvalue weighted by molar-refractivity contribution is 5.91. The van der Waals surface area contributed by atoms with E-state index in [-0.39, 0.29) is 11.9 Å². The molecule has 1 unspecified atom stereocenters. The summed E-state index contributed by atoms with van der Waals surface area (Å²) in [4.78, 5) is 29.9. The predicted molar refractivity (Wildman–Crippen MR) is 110 cm³/mol. The first-order chi connectivity index (χ1) is 14.6. The van der Waals surface area contributed by atoms with Crippen LogP contribution in [-0.4, -0.2) is 65.2 Å². The van der Waals surface area contributed by atoms with Crippen LogP contribution in [-0.2, 0) is 0 Å². The van der Waals surface area contributed by atoms with E-state index in [9.17, 15) is 4.79 Å². The lowest BCUT2D eigenvalue weighted by atomic mass is 10.0. The van der Waals surface area contributed by atoms with Gasteiger partial charge in [0, 0.05) is 26.3 Å². The van der Waals surface area contributed by atoms with E-state index in [1.165, 1.54) is 17.7 Å². The molecule has 3 aromatic rings. The fourth-order valence-electron chi connectivity index (χ4n) is 4.53. The molecule has 2 aliphatic rings. The van der Waals surface area contributed by atoms with E-state index in [4.69, 9.17) is 4.98 Å². The van der Waals surface area contributed by atoms with Crippen molar-refractivity contribution in [1.82, 2.24) is 39.2 Å². The number of hydrogen-bond donors (Lipinski definition) is 0. The van der Waals surface area contributed by atoms with Crippen LogP contribution < -0.4 is 4.90 Å². The summed E-state index contributed by atoms with van der Waals surface area (Å²) in [6.07, 6.45) is 12.5. The second-order valence-corrected chi connectivity index (χ2v) is 8.07. The van der Waals surface area contributed by atoms with Crippen molar-refractivity contribution >= 4 is 11.7 Å². The molecule has 5 rings (SSSR count). The van der Waals surface area contributed by atoms with Crippen molar-refractivity contribution in [1.29, 1.82) is 0 Å². The molecular weight excluding hydrogens is 382 g/mol. The van der Waals surface area contributed by atoms with Crippen LogP contribution in [0.25, 0.3) is 11.6 Å². The average Bonchev–Trinajstić information content (AvgIpc) is 3.52. The van der Waals surface area contributed by atoms with Gasteiger partial charge in [-0.2, -0.15) is 4.98 Å². The predicted octanol–water partition coefficient (Wildman–Crippen LogP) is 2.16. The molecule has 30 heavy (non-hydrogen) atoms. The largest absolute Gasteiger partial charge is 0.343 e. The van der Waals surface area contributed by atoms with Gasteiger partial charge >= 0.3 is 0 Å². The van der Waals surface area contributed by atoms with Crippen molar-refractivity contribution in [3.05, 3.63) is 36.6 Å². The average molecular weight is 407 g/mol. The summed E-state index contributed by atoms with van der Waals surface area (Å²) in [6, 6.07) is 0.551. The molecule has 10 nitrogen and oxygen atoms in total. The summed E-state index contributed by atoms with van der Waals surface area (Å²) in [6.45, 7) is 2.17. The second kappa shape index (κ2) is 7.19. The SMILES string of the molecule is CCC1c2nncn2-c2cnc(-n3cnc(C(=O)N(C)C)c3)nc2N1C1CCCC1. The van der Waals surface area contributed by atoms with Crippen LogP contribution in [0.15, 0.2) is 25.0 Å². The zero-order valence-corrected chi connectivity index (χ0v) is 17.4. The summed E-state index contributed by atoms with van der Waals surface area (Å²) < 4.78 is 3.69. The third kappa shape index (κ3) is 2.86. The number of fused-ring (bicyclic) bond motifs is 3. The zero-order valence-electron chi connectivity index (χ0n) is 17.4. The highest BCUT2D eigenvalue weighted by Gasteiger charge is 2.38. The Kier molecular flexibility index (Phi) is 4.48. The van der Waals surface area contributed by atoms with Gasteiger partial charge in [0.15, 0.2) is 11.6 Å². The number of rotatable bonds is 4.